The van der Waals surface area contributed by atoms with E-state index in [1.165, 1.54) is 52.8 Å². The van der Waals surface area contributed by atoms with Crippen LogP contribution in [0.5, 0.6) is 0 Å². The van der Waals surface area contributed by atoms with Crippen LogP contribution in [0.4, 0.5) is 0 Å². The average molecular weight is 1800 g/mol. The zero-order valence-electron chi connectivity index (χ0n) is 74.5. The summed E-state index contributed by atoms with van der Waals surface area (Å²) in [5.74, 6) is 2.79. The first-order valence-corrected chi connectivity index (χ1v) is 48.4. The zero-order valence-corrected chi connectivity index (χ0v) is 76.2. The number of esters is 1. The maximum Gasteiger partial charge on any atom is 0.339 e. The Morgan fingerprint density at radius 3 is 1.49 bits per heavy atom. The average Bonchev–Trinajstić information content (AvgIpc) is 1.55. The predicted molar refractivity (Wildman–Crippen MR) is 573 cm³/mol. The summed E-state index contributed by atoms with van der Waals surface area (Å²) >= 11 is 3.54. The summed E-state index contributed by atoms with van der Waals surface area (Å²) in [6, 6.07) is 143. The Balaban J connectivity index is 0.657. The van der Waals surface area contributed by atoms with E-state index >= 15 is 0 Å². The summed E-state index contributed by atoms with van der Waals surface area (Å²) < 4.78 is 18.0. The first kappa shape index (κ1) is 79.1. The molecule has 0 radical (unpaired) electrons. The quantitative estimate of drug-likeness (QED) is 0.0988. The first-order valence-electron chi connectivity index (χ1n) is 46.8. The van der Waals surface area contributed by atoms with Crippen LogP contribution < -0.4 is 0 Å². The number of para-hydroxylation sites is 5. The number of aromatic nitrogens is 9. The fourth-order valence-electron chi connectivity index (χ4n) is 22.1. The number of carbonyl (C=O) groups excluding carboxylic acids is 1. The molecule has 1 aliphatic carbocycles. The van der Waals surface area contributed by atoms with Crippen molar-refractivity contribution in [3.05, 3.63) is 434 Å². The lowest BCUT2D eigenvalue weighted by atomic mass is 9.89. The third kappa shape index (κ3) is 12.5. The molecule has 646 valence electrons. The van der Waals surface area contributed by atoms with Gasteiger partial charge < -0.3 is 18.4 Å². The SMILES string of the molecule is Cc1c(-c2ccccc2C(=O)OCc2ccccc2)ccc(-n2c3ccccc3c3cc4ccc(-c5ccc(-c6nc(-c7cc8c(c9ccccc79)CCC=C8)nc(-c7c(-n8c9ccccc9c9cc%10ccccc%10cc98)ccc8c7sc7ccccc78)n6)c6ccccc56)cc4cc32)c1-c1nc(-c2cccc3c2sc2ccccc23)nc(-c2cccc3c4ccccc4n(-c4ccccc4)c23)n1. The topological polar surface area (TPSA) is 118 Å². The molecule has 27 aromatic rings. The van der Waals surface area contributed by atoms with E-state index in [1.807, 2.05) is 54.6 Å². The van der Waals surface area contributed by atoms with Crippen molar-refractivity contribution in [1.29, 1.82) is 0 Å². The zero-order chi connectivity index (χ0) is 90.9. The van der Waals surface area contributed by atoms with Crippen molar-refractivity contribution >= 4 is 184 Å². The predicted octanol–water partition coefficient (Wildman–Crippen LogP) is 32.7. The lowest BCUT2D eigenvalue weighted by Crippen LogP contribution is -2.09. The van der Waals surface area contributed by atoms with Gasteiger partial charge in [0.05, 0.1) is 55.6 Å². The Kier molecular flexibility index (Phi) is 18.1. The second-order valence-corrected chi connectivity index (χ2v) is 38.1. The molecule has 11 nitrogen and oxygen atoms in total. The second-order valence-electron chi connectivity index (χ2n) is 36.0. The number of allylic oxidation sites excluding steroid dienone is 1. The molecule has 0 saturated heterocycles. The van der Waals surface area contributed by atoms with E-state index in [-0.39, 0.29) is 6.61 Å². The Bertz CT molecular complexity index is 9930. The van der Waals surface area contributed by atoms with Crippen LogP contribution in [0.1, 0.15) is 39.0 Å². The molecule has 0 fully saturated rings. The second kappa shape index (κ2) is 31.6. The van der Waals surface area contributed by atoms with E-state index in [9.17, 15) is 4.79 Å². The van der Waals surface area contributed by atoms with Crippen molar-refractivity contribution in [2.45, 2.75) is 26.4 Å². The van der Waals surface area contributed by atoms with Crippen LogP contribution in [0.2, 0.25) is 0 Å². The molecule has 0 atom stereocenters. The van der Waals surface area contributed by atoms with Crippen molar-refractivity contribution in [3.63, 3.8) is 0 Å². The summed E-state index contributed by atoms with van der Waals surface area (Å²) in [5, 5.41) is 20.1. The third-order valence-corrected chi connectivity index (χ3v) is 30.8. The summed E-state index contributed by atoms with van der Waals surface area (Å²) in [5.41, 5.74) is 22.6. The normalized spacial score (nSPS) is 12.4. The highest BCUT2D eigenvalue weighted by atomic mass is 32.1. The van der Waals surface area contributed by atoms with E-state index in [1.54, 1.807) is 22.7 Å². The highest BCUT2D eigenvalue weighted by Gasteiger charge is 2.31. The highest BCUT2D eigenvalue weighted by Crippen LogP contribution is 2.51. The smallest absolute Gasteiger partial charge is 0.339 e. The number of thiophene rings is 2. The van der Waals surface area contributed by atoms with Gasteiger partial charge in [0.15, 0.2) is 34.9 Å². The molecule has 0 aliphatic heterocycles. The molecule has 138 heavy (non-hydrogen) atoms. The molecule has 0 amide bonds. The molecule has 0 spiro atoms. The summed E-state index contributed by atoms with van der Waals surface area (Å²) in [4.78, 5) is 50.2. The molecular weight excluding hydrogens is 1720 g/mol. The van der Waals surface area contributed by atoms with Crippen LogP contribution in [-0.4, -0.2) is 49.6 Å². The van der Waals surface area contributed by atoms with E-state index in [2.05, 4.69) is 379 Å². The molecular formula is C125H77N9O2S2. The lowest BCUT2D eigenvalue weighted by Gasteiger charge is -2.20. The van der Waals surface area contributed by atoms with Gasteiger partial charge in [-0.2, -0.15) is 0 Å². The molecule has 0 saturated carbocycles. The van der Waals surface area contributed by atoms with Crippen LogP contribution >= 0.6 is 22.7 Å². The van der Waals surface area contributed by atoms with Crippen molar-refractivity contribution in [3.8, 4) is 108 Å². The number of aryl methyl sites for hydroxylation is 1. The highest BCUT2D eigenvalue weighted by molar-refractivity contribution is 7.26. The molecule has 7 heterocycles. The van der Waals surface area contributed by atoms with Crippen molar-refractivity contribution in [2.24, 2.45) is 0 Å². The number of ether oxygens (including phenoxy) is 1. The fourth-order valence-corrected chi connectivity index (χ4v) is 24.5. The number of rotatable bonds is 14. The minimum atomic E-state index is -0.434. The van der Waals surface area contributed by atoms with Gasteiger partial charge in [-0.05, 0) is 223 Å². The molecule has 20 aromatic carbocycles. The summed E-state index contributed by atoms with van der Waals surface area (Å²) in [6.07, 6.45) is 6.49. The van der Waals surface area contributed by atoms with Gasteiger partial charge in [0.25, 0.3) is 0 Å². The van der Waals surface area contributed by atoms with Crippen LogP contribution in [0.3, 0.4) is 0 Å². The van der Waals surface area contributed by atoms with E-state index in [0.29, 0.717) is 46.1 Å². The van der Waals surface area contributed by atoms with E-state index < -0.39 is 5.97 Å². The standard InChI is InChI=1S/C125H77N9O2S2/c1-73-82(85-38-16-17-48-99(85)125(135)136-72-74-30-4-2-5-31-74)62-64-108(114(73)123-129-120(127-121(130-123)101-52-29-50-96-93-46-21-26-56-112(93)137-117(96)101)100-51-28-49-95-90-43-18-23-53-105(90)132(116(95)100)81-35-6-3-7-36-81)133-106-54-24-19-45-92(106)103-68-77-58-59-79(66-80(77)71-111(103)133)84-60-61-98(88-41-14-12-40-87(84)88)119-126-122(104-69-78-34-10-11-37-83(78)86-39-13-15-42-89(86)104)131-124(128-119)115-109(65-63-97-94-47-22-27-57-113(94)138-118(97)115)134-107-55-25-20-44-91(107)102-67-75-32-8-9-33-76(75)70-110(102)134/h2-10,12-36,38-71H,11,37,72H2,1H3. The first-order chi connectivity index (χ1) is 68.3. The third-order valence-electron chi connectivity index (χ3n) is 28.3. The number of fused-ring (bicyclic) bond motifs is 21. The van der Waals surface area contributed by atoms with Gasteiger partial charge in [-0.1, -0.05) is 297 Å². The van der Waals surface area contributed by atoms with E-state index in [4.69, 9.17) is 34.6 Å². The molecule has 0 unspecified atom stereocenters. The monoisotopic (exact) mass is 1800 g/mol. The van der Waals surface area contributed by atoms with Gasteiger partial charge in [-0.3, -0.25) is 0 Å². The minimum Gasteiger partial charge on any atom is -0.457 e. The fraction of sp³-hybridized carbons (Fsp3) is 0.0320. The van der Waals surface area contributed by atoms with Crippen molar-refractivity contribution < 1.29 is 9.53 Å². The van der Waals surface area contributed by atoms with Gasteiger partial charge in [0.2, 0.25) is 0 Å². The minimum absolute atomic E-state index is 0.110. The van der Waals surface area contributed by atoms with Gasteiger partial charge in [-0.25, -0.2) is 34.7 Å². The molecule has 0 N–H and O–H groups in total. The van der Waals surface area contributed by atoms with Crippen molar-refractivity contribution in [1.82, 2.24) is 43.6 Å². The maximum atomic E-state index is 14.9. The number of nitrogens with zero attached hydrogens (tertiary/aromatic N) is 9. The molecule has 1 aliphatic rings. The van der Waals surface area contributed by atoms with Crippen LogP contribution in [-0.2, 0) is 17.8 Å². The molecule has 0 bridgehead atoms. The van der Waals surface area contributed by atoms with Crippen molar-refractivity contribution in [2.75, 3.05) is 0 Å². The Morgan fingerprint density at radius 2 is 0.783 bits per heavy atom. The van der Waals surface area contributed by atoms with E-state index in [0.717, 1.165) is 198 Å². The number of carbonyl (C=O) groups is 1. The molecule has 7 aromatic heterocycles. The van der Waals surface area contributed by atoms with Gasteiger partial charge in [0, 0.05) is 106 Å². The lowest BCUT2D eigenvalue weighted by molar-refractivity contribution is 0.0473. The number of hydrogen-bond acceptors (Lipinski definition) is 10. The maximum absolute atomic E-state index is 14.9. The molecule has 28 rings (SSSR count). The van der Waals surface area contributed by atoms with Crippen LogP contribution in [0.15, 0.2) is 406 Å². The molecule has 13 heteroatoms. The Morgan fingerprint density at radius 1 is 0.312 bits per heavy atom. The van der Waals surface area contributed by atoms with Crippen LogP contribution in [0.25, 0.3) is 263 Å². The summed E-state index contributed by atoms with van der Waals surface area (Å²) in [7, 11) is 0. The largest absolute Gasteiger partial charge is 0.457 e. The number of benzene rings is 20. The van der Waals surface area contributed by atoms with Gasteiger partial charge in [0.1, 0.15) is 6.61 Å². The van der Waals surface area contributed by atoms with Gasteiger partial charge in [-0.15, -0.1) is 22.7 Å². The van der Waals surface area contributed by atoms with Crippen LogP contribution in [0, 0.1) is 6.92 Å². The van der Waals surface area contributed by atoms with Gasteiger partial charge >= 0.3 is 5.97 Å². The Hall–Kier alpha value is -17.5. The number of hydrogen-bond donors (Lipinski definition) is 0. The summed E-state index contributed by atoms with van der Waals surface area (Å²) in [6.45, 7) is 2.26. The Labute approximate surface area is 799 Å².